The van der Waals surface area contributed by atoms with Crippen LogP contribution in [-0.2, 0) is 11.8 Å². The molecule has 0 saturated heterocycles. The Hall–Kier alpha value is -3.42. The van der Waals surface area contributed by atoms with Gasteiger partial charge in [-0.2, -0.15) is 0 Å². The molecule has 2 aromatic heterocycles. The van der Waals surface area contributed by atoms with Crippen molar-refractivity contribution in [2.24, 2.45) is 7.05 Å². The highest BCUT2D eigenvalue weighted by Crippen LogP contribution is 2.32. The molecule has 0 bridgehead atoms. The number of carbonyl (C=O) groups is 2. The van der Waals surface area contributed by atoms with E-state index in [9.17, 15) is 14.4 Å². The number of aryl methyl sites for hydroxylation is 2. The van der Waals surface area contributed by atoms with Gasteiger partial charge in [0.05, 0.1) is 16.9 Å². The molecule has 2 amide bonds. The summed E-state index contributed by atoms with van der Waals surface area (Å²) in [7, 11) is 1.55. The summed E-state index contributed by atoms with van der Waals surface area (Å²) >= 11 is 0. The Morgan fingerprint density at radius 1 is 1.28 bits per heavy atom. The van der Waals surface area contributed by atoms with Gasteiger partial charge in [-0.3, -0.25) is 19.3 Å². The summed E-state index contributed by atoms with van der Waals surface area (Å²) < 4.78 is 6.77. The van der Waals surface area contributed by atoms with E-state index in [1.165, 1.54) is 15.8 Å². The van der Waals surface area contributed by atoms with E-state index in [1.54, 1.807) is 38.2 Å². The average Bonchev–Trinajstić information content (AvgIpc) is 2.93. The highest BCUT2D eigenvalue weighted by atomic mass is 16.3. The summed E-state index contributed by atoms with van der Waals surface area (Å²) in [6, 6.07) is 7.00. The van der Waals surface area contributed by atoms with Crippen molar-refractivity contribution in [2.75, 3.05) is 16.8 Å². The maximum absolute atomic E-state index is 13.2. The molecule has 0 aliphatic carbocycles. The third-order valence-electron chi connectivity index (χ3n) is 4.18. The van der Waals surface area contributed by atoms with Gasteiger partial charge in [-0.05, 0) is 19.1 Å². The van der Waals surface area contributed by atoms with Crippen molar-refractivity contribution in [3.05, 3.63) is 52.3 Å². The zero-order chi connectivity index (χ0) is 17.7. The van der Waals surface area contributed by atoms with Crippen molar-refractivity contribution < 1.29 is 14.0 Å². The number of rotatable bonds is 1. The first kappa shape index (κ1) is 15.1. The second kappa shape index (κ2) is 5.30. The Balaban J connectivity index is 1.92. The van der Waals surface area contributed by atoms with Crippen molar-refractivity contribution in [1.29, 1.82) is 0 Å². The van der Waals surface area contributed by atoms with Crippen molar-refractivity contribution in [2.45, 2.75) is 6.92 Å². The lowest BCUT2D eigenvalue weighted by molar-refractivity contribution is -0.115. The third kappa shape index (κ3) is 2.22. The van der Waals surface area contributed by atoms with Crippen LogP contribution in [-0.4, -0.2) is 27.9 Å². The number of benzene rings is 1. The smallest absolute Gasteiger partial charge is 0.265 e. The van der Waals surface area contributed by atoms with E-state index in [0.717, 1.165) is 0 Å². The lowest BCUT2D eigenvalue weighted by atomic mass is 10.1. The lowest BCUT2D eigenvalue weighted by Crippen LogP contribution is -2.42. The maximum atomic E-state index is 13.2. The Kier molecular flexibility index (Phi) is 3.21. The second-order valence-electron chi connectivity index (χ2n) is 5.83. The number of fused-ring (bicyclic) bond motifs is 2. The number of furan rings is 1. The molecular formula is C17H14N4O4. The molecule has 0 atom stereocenters. The van der Waals surface area contributed by atoms with Gasteiger partial charge in [0.2, 0.25) is 11.6 Å². The Bertz CT molecular complexity index is 1100. The van der Waals surface area contributed by atoms with Crippen LogP contribution < -0.4 is 15.8 Å². The Labute approximate surface area is 141 Å². The Morgan fingerprint density at radius 2 is 2.04 bits per heavy atom. The minimum atomic E-state index is -0.469. The van der Waals surface area contributed by atoms with E-state index >= 15 is 0 Å². The zero-order valence-corrected chi connectivity index (χ0v) is 13.6. The summed E-state index contributed by atoms with van der Waals surface area (Å²) in [5, 5.41) is 2.85. The van der Waals surface area contributed by atoms with Crippen molar-refractivity contribution in [1.82, 2.24) is 9.55 Å². The van der Waals surface area contributed by atoms with E-state index in [-0.39, 0.29) is 34.7 Å². The zero-order valence-electron chi connectivity index (χ0n) is 13.6. The van der Waals surface area contributed by atoms with Gasteiger partial charge < -0.3 is 14.3 Å². The van der Waals surface area contributed by atoms with Crippen LogP contribution >= 0.6 is 0 Å². The van der Waals surface area contributed by atoms with E-state index < -0.39 is 5.91 Å². The molecule has 126 valence electrons. The van der Waals surface area contributed by atoms with E-state index in [2.05, 4.69) is 10.3 Å². The SMILES string of the molecule is Cc1oc2ncn(C)c(=O)c2c1C(=O)N1CC(=O)Nc2ccccc21. The molecule has 0 radical (unpaired) electrons. The van der Waals surface area contributed by atoms with Crippen molar-refractivity contribution in [3.8, 4) is 0 Å². The van der Waals surface area contributed by atoms with Gasteiger partial charge in [0.25, 0.3) is 11.5 Å². The molecule has 0 saturated carbocycles. The fourth-order valence-corrected chi connectivity index (χ4v) is 2.99. The molecule has 8 heteroatoms. The molecule has 8 nitrogen and oxygen atoms in total. The van der Waals surface area contributed by atoms with Crippen LogP contribution in [0.4, 0.5) is 11.4 Å². The molecule has 25 heavy (non-hydrogen) atoms. The summed E-state index contributed by atoms with van der Waals surface area (Å²) in [6.07, 6.45) is 1.34. The molecule has 1 aromatic carbocycles. The van der Waals surface area contributed by atoms with Crippen LogP contribution in [0.3, 0.4) is 0 Å². The quantitative estimate of drug-likeness (QED) is 0.724. The molecule has 0 spiro atoms. The van der Waals surface area contributed by atoms with Gasteiger partial charge >= 0.3 is 0 Å². The topological polar surface area (TPSA) is 97.4 Å². The van der Waals surface area contributed by atoms with E-state index in [1.807, 2.05) is 0 Å². The molecule has 1 aliphatic heterocycles. The summed E-state index contributed by atoms with van der Waals surface area (Å²) in [5.74, 6) is -0.480. The number of hydrogen-bond donors (Lipinski definition) is 1. The van der Waals surface area contributed by atoms with Crippen molar-refractivity contribution in [3.63, 3.8) is 0 Å². The number of nitrogens with zero attached hydrogens (tertiary/aromatic N) is 3. The van der Waals surface area contributed by atoms with Gasteiger partial charge in [0, 0.05) is 7.05 Å². The van der Waals surface area contributed by atoms with Gasteiger partial charge in [-0.15, -0.1) is 0 Å². The molecule has 0 fully saturated rings. The molecular weight excluding hydrogens is 324 g/mol. The number of amides is 2. The highest BCUT2D eigenvalue weighted by Gasteiger charge is 2.32. The molecule has 3 aromatic rings. The number of para-hydroxylation sites is 2. The predicted octanol–water partition coefficient (Wildman–Crippen LogP) is 1.43. The molecule has 3 heterocycles. The Morgan fingerprint density at radius 3 is 2.84 bits per heavy atom. The summed E-state index contributed by atoms with van der Waals surface area (Å²) in [4.78, 5) is 43.0. The van der Waals surface area contributed by atoms with E-state index in [0.29, 0.717) is 17.1 Å². The number of hydrogen-bond acceptors (Lipinski definition) is 5. The molecule has 1 aliphatic rings. The fraction of sp³-hybridized carbons (Fsp3) is 0.176. The van der Waals surface area contributed by atoms with Crippen LogP contribution in [0, 0.1) is 6.92 Å². The van der Waals surface area contributed by atoms with Crippen LogP contribution in [0.5, 0.6) is 0 Å². The molecule has 4 rings (SSSR count). The maximum Gasteiger partial charge on any atom is 0.265 e. The lowest BCUT2D eigenvalue weighted by Gasteiger charge is -2.29. The van der Waals surface area contributed by atoms with Crippen LogP contribution in [0.15, 0.2) is 39.8 Å². The van der Waals surface area contributed by atoms with E-state index in [4.69, 9.17) is 4.42 Å². The minimum absolute atomic E-state index is 0.110. The van der Waals surface area contributed by atoms with Gasteiger partial charge in [0.1, 0.15) is 24.0 Å². The minimum Gasteiger partial charge on any atom is -0.442 e. The average molecular weight is 338 g/mol. The predicted molar refractivity (Wildman–Crippen MR) is 90.7 cm³/mol. The first-order chi connectivity index (χ1) is 12.0. The highest BCUT2D eigenvalue weighted by molar-refractivity contribution is 6.19. The summed E-state index contributed by atoms with van der Waals surface area (Å²) in [6.45, 7) is 1.47. The van der Waals surface area contributed by atoms with Gasteiger partial charge in [-0.25, -0.2) is 4.98 Å². The third-order valence-corrected chi connectivity index (χ3v) is 4.18. The number of anilines is 2. The van der Waals surface area contributed by atoms with Crippen molar-refractivity contribution >= 4 is 34.3 Å². The number of aromatic nitrogens is 2. The van der Waals surface area contributed by atoms with Gasteiger partial charge in [-0.1, -0.05) is 12.1 Å². The fourth-order valence-electron chi connectivity index (χ4n) is 2.99. The van der Waals surface area contributed by atoms with Crippen LogP contribution in [0.2, 0.25) is 0 Å². The second-order valence-corrected chi connectivity index (χ2v) is 5.83. The number of nitrogens with one attached hydrogen (secondary N) is 1. The normalized spacial score (nSPS) is 13.7. The standard InChI is InChI=1S/C17H14N4O4/c1-9-13(14-15(25-9)18-8-20(2)16(14)23)17(24)21-7-12(22)19-10-5-3-4-6-11(10)21/h3-6,8H,7H2,1-2H3,(H,19,22). The van der Waals surface area contributed by atoms with Crippen LogP contribution in [0.25, 0.3) is 11.1 Å². The monoisotopic (exact) mass is 338 g/mol. The summed E-state index contributed by atoms with van der Waals surface area (Å²) in [5.41, 5.74) is 0.983. The first-order valence-corrected chi connectivity index (χ1v) is 7.63. The number of carbonyl (C=O) groups excluding carboxylic acids is 2. The van der Waals surface area contributed by atoms with Crippen LogP contribution in [0.1, 0.15) is 16.1 Å². The largest absolute Gasteiger partial charge is 0.442 e. The first-order valence-electron chi connectivity index (χ1n) is 7.63. The molecule has 1 N–H and O–H groups in total. The molecule has 0 unspecified atom stereocenters. The van der Waals surface area contributed by atoms with Gasteiger partial charge in [0.15, 0.2) is 0 Å².